The van der Waals surface area contributed by atoms with Crippen LogP contribution in [0.15, 0.2) is 28.8 Å². The van der Waals surface area contributed by atoms with Crippen LogP contribution < -0.4 is 5.32 Å². The Morgan fingerprint density at radius 3 is 2.77 bits per heavy atom. The number of hydrogen-bond donors (Lipinski definition) is 2. The topological polar surface area (TPSA) is 92.4 Å². The monoisotopic (exact) mass is 320 g/mol. The zero-order valence-electron chi connectivity index (χ0n) is 12.3. The molecule has 1 heterocycles. The number of aryl methyl sites for hydroxylation is 2. The van der Waals surface area contributed by atoms with Gasteiger partial charge >= 0.3 is 5.97 Å². The smallest absolute Gasteiger partial charge is 0.313 e. The van der Waals surface area contributed by atoms with Crippen molar-refractivity contribution in [2.24, 2.45) is 0 Å². The van der Waals surface area contributed by atoms with Crippen molar-refractivity contribution in [3.8, 4) is 0 Å². The number of nitrogens with zero attached hydrogens (tertiary/aromatic N) is 1. The molecule has 2 aromatic rings. The van der Waals surface area contributed by atoms with Crippen molar-refractivity contribution < 1.29 is 19.2 Å². The Kier molecular flexibility index (Phi) is 5.21. The summed E-state index contributed by atoms with van der Waals surface area (Å²) in [5, 5.41) is 15.2. The summed E-state index contributed by atoms with van der Waals surface area (Å²) in [4.78, 5) is 22.7. The molecule has 0 saturated carbocycles. The van der Waals surface area contributed by atoms with Gasteiger partial charge in [-0.3, -0.25) is 9.59 Å². The van der Waals surface area contributed by atoms with Gasteiger partial charge in [-0.05, 0) is 31.5 Å². The summed E-state index contributed by atoms with van der Waals surface area (Å²) >= 11 is 1.31. The van der Waals surface area contributed by atoms with E-state index in [-0.39, 0.29) is 11.7 Å². The number of thioether (sulfide) groups is 1. The molecule has 1 aromatic carbocycles. The predicted molar refractivity (Wildman–Crippen MR) is 84.2 cm³/mol. The van der Waals surface area contributed by atoms with Gasteiger partial charge in [-0.15, -0.1) is 11.8 Å². The Morgan fingerprint density at radius 2 is 2.14 bits per heavy atom. The molecule has 0 radical (unpaired) electrons. The minimum atomic E-state index is -0.840. The number of nitrogens with one attached hydrogen (secondary N) is 1. The van der Waals surface area contributed by atoms with Crippen molar-refractivity contribution in [2.45, 2.75) is 19.6 Å². The Morgan fingerprint density at radius 1 is 1.36 bits per heavy atom. The number of carbonyl (C=O) groups excluding carboxylic acids is 1. The number of anilines is 1. The van der Waals surface area contributed by atoms with E-state index in [1.54, 1.807) is 19.9 Å². The van der Waals surface area contributed by atoms with E-state index in [2.05, 4.69) is 10.5 Å². The van der Waals surface area contributed by atoms with E-state index >= 15 is 0 Å². The van der Waals surface area contributed by atoms with Crippen LogP contribution in [0.1, 0.15) is 27.4 Å². The van der Waals surface area contributed by atoms with Gasteiger partial charge < -0.3 is 14.9 Å². The maximum atomic E-state index is 12.2. The first kappa shape index (κ1) is 16.1. The van der Waals surface area contributed by atoms with Gasteiger partial charge in [0.05, 0.1) is 11.4 Å². The van der Waals surface area contributed by atoms with Crippen molar-refractivity contribution in [2.75, 3.05) is 11.1 Å². The zero-order chi connectivity index (χ0) is 16.1. The molecule has 0 aliphatic rings. The summed E-state index contributed by atoms with van der Waals surface area (Å²) in [6.45, 7) is 3.40. The van der Waals surface area contributed by atoms with Gasteiger partial charge in [0.2, 0.25) is 0 Å². The molecule has 22 heavy (non-hydrogen) atoms. The lowest BCUT2D eigenvalue weighted by Gasteiger charge is -2.07. The van der Waals surface area contributed by atoms with Crippen LogP contribution in [-0.2, 0) is 10.5 Å². The van der Waals surface area contributed by atoms with Crippen LogP contribution in [0.2, 0.25) is 0 Å². The molecule has 0 saturated heterocycles. The summed E-state index contributed by atoms with van der Waals surface area (Å²) < 4.78 is 4.98. The summed E-state index contributed by atoms with van der Waals surface area (Å²) in [6.07, 6.45) is 0. The number of carboxylic acids is 1. The van der Waals surface area contributed by atoms with Crippen LogP contribution in [0.25, 0.3) is 0 Å². The van der Waals surface area contributed by atoms with Crippen molar-refractivity contribution in [3.63, 3.8) is 0 Å². The average Bonchev–Trinajstić information content (AvgIpc) is 2.78. The average molecular weight is 320 g/mol. The van der Waals surface area contributed by atoms with Gasteiger partial charge in [0.25, 0.3) is 5.91 Å². The fraction of sp³-hybridized carbons (Fsp3) is 0.267. The maximum absolute atomic E-state index is 12.2. The molecule has 2 rings (SSSR count). The molecule has 116 valence electrons. The molecule has 0 atom stereocenters. The van der Waals surface area contributed by atoms with Crippen LogP contribution in [0.4, 0.5) is 5.69 Å². The minimum absolute atomic E-state index is 0.0513. The number of benzene rings is 1. The molecule has 0 aliphatic carbocycles. The van der Waals surface area contributed by atoms with Crippen LogP contribution >= 0.6 is 11.8 Å². The van der Waals surface area contributed by atoms with E-state index in [1.165, 1.54) is 11.8 Å². The number of hydrogen-bond acceptors (Lipinski definition) is 5. The molecule has 0 bridgehead atoms. The van der Waals surface area contributed by atoms with E-state index in [1.807, 2.05) is 18.2 Å². The Hall–Kier alpha value is -2.28. The van der Waals surface area contributed by atoms with Gasteiger partial charge in [0.1, 0.15) is 11.3 Å². The first-order valence-corrected chi connectivity index (χ1v) is 7.75. The highest BCUT2D eigenvalue weighted by Crippen LogP contribution is 2.19. The van der Waals surface area contributed by atoms with Gasteiger partial charge in [-0.2, -0.15) is 0 Å². The van der Waals surface area contributed by atoms with Crippen molar-refractivity contribution in [1.82, 2.24) is 5.16 Å². The molecule has 7 heteroatoms. The molecule has 0 fully saturated rings. The molecule has 2 N–H and O–H groups in total. The van der Waals surface area contributed by atoms with Crippen molar-refractivity contribution >= 4 is 29.3 Å². The Bertz CT molecular complexity index is 677. The number of carbonyl (C=O) groups is 2. The van der Waals surface area contributed by atoms with Crippen LogP contribution in [-0.4, -0.2) is 27.9 Å². The molecule has 0 aliphatic heterocycles. The second kappa shape index (κ2) is 7.13. The standard InChI is InChI=1S/C15H16N2O4S/c1-9-14(10(2)21-17-9)15(20)16-12-5-3-4-11(6-12)7-22-8-13(18)19/h3-6H,7-8H2,1-2H3,(H,16,20)(H,18,19). The highest BCUT2D eigenvalue weighted by Gasteiger charge is 2.17. The molecule has 1 aromatic heterocycles. The third-order valence-corrected chi connectivity index (χ3v) is 3.93. The summed E-state index contributed by atoms with van der Waals surface area (Å²) in [5.41, 5.74) is 2.58. The number of carboxylic acid groups (broad SMARTS) is 1. The highest BCUT2D eigenvalue weighted by molar-refractivity contribution is 7.99. The fourth-order valence-corrected chi connectivity index (χ4v) is 2.69. The van der Waals surface area contributed by atoms with E-state index in [4.69, 9.17) is 9.63 Å². The Labute approximate surface area is 131 Å². The number of aromatic nitrogens is 1. The highest BCUT2D eigenvalue weighted by atomic mass is 32.2. The number of amides is 1. The number of aliphatic carboxylic acids is 1. The Balaban J connectivity index is 2.04. The van der Waals surface area contributed by atoms with Gasteiger partial charge in [-0.1, -0.05) is 17.3 Å². The predicted octanol–water partition coefficient (Wildman–Crippen LogP) is 2.86. The van der Waals surface area contributed by atoms with E-state index in [9.17, 15) is 9.59 Å². The second-order valence-corrected chi connectivity index (χ2v) is 5.73. The second-order valence-electron chi connectivity index (χ2n) is 4.74. The van der Waals surface area contributed by atoms with Crippen molar-refractivity contribution in [1.29, 1.82) is 0 Å². The largest absolute Gasteiger partial charge is 0.481 e. The summed E-state index contributed by atoms with van der Waals surface area (Å²) in [5.74, 6) is -0.0144. The van der Waals surface area contributed by atoms with E-state index < -0.39 is 5.97 Å². The van der Waals surface area contributed by atoms with Crippen LogP contribution in [0.3, 0.4) is 0 Å². The SMILES string of the molecule is Cc1noc(C)c1C(=O)Nc1cccc(CSCC(=O)O)c1. The lowest BCUT2D eigenvalue weighted by molar-refractivity contribution is -0.133. The van der Waals surface area contributed by atoms with E-state index in [0.717, 1.165) is 5.56 Å². The summed E-state index contributed by atoms with van der Waals surface area (Å²) in [7, 11) is 0. The van der Waals surface area contributed by atoms with Gasteiger partial charge in [0.15, 0.2) is 0 Å². The quantitative estimate of drug-likeness (QED) is 0.850. The lowest BCUT2D eigenvalue weighted by atomic mass is 10.1. The summed E-state index contributed by atoms with van der Waals surface area (Å²) in [6, 6.07) is 7.31. The normalized spacial score (nSPS) is 10.5. The molecule has 6 nitrogen and oxygen atoms in total. The lowest BCUT2D eigenvalue weighted by Crippen LogP contribution is -2.13. The number of rotatable bonds is 6. The van der Waals surface area contributed by atoms with Gasteiger partial charge in [0, 0.05) is 11.4 Å². The molecule has 0 spiro atoms. The van der Waals surface area contributed by atoms with Crippen LogP contribution in [0, 0.1) is 13.8 Å². The third-order valence-electron chi connectivity index (χ3n) is 2.94. The van der Waals surface area contributed by atoms with Gasteiger partial charge in [-0.25, -0.2) is 0 Å². The third kappa shape index (κ3) is 4.11. The van der Waals surface area contributed by atoms with E-state index in [0.29, 0.717) is 28.5 Å². The molecule has 0 unspecified atom stereocenters. The molecular formula is C15H16N2O4S. The first-order chi connectivity index (χ1) is 10.5. The van der Waals surface area contributed by atoms with Crippen molar-refractivity contribution in [3.05, 3.63) is 46.8 Å². The molecular weight excluding hydrogens is 304 g/mol. The fourth-order valence-electron chi connectivity index (χ4n) is 2.00. The maximum Gasteiger partial charge on any atom is 0.313 e. The van der Waals surface area contributed by atoms with Crippen LogP contribution in [0.5, 0.6) is 0 Å². The minimum Gasteiger partial charge on any atom is -0.481 e. The zero-order valence-corrected chi connectivity index (χ0v) is 13.1. The molecule has 1 amide bonds. The first-order valence-electron chi connectivity index (χ1n) is 6.60.